The first-order chi connectivity index (χ1) is 16.0. The van der Waals surface area contributed by atoms with E-state index in [0.717, 1.165) is 47.6 Å². The fourth-order valence-electron chi connectivity index (χ4n) is 4.17. The summed E-state index contributed by atoms with van der Waals surface area (Å²) in [7, 11) is -3.70. The van der Waals surface area contributed by atoms with Crippen LogP contribution in [0.1, 0.15) is 88.9 Å². The number of ether oxygens (including phenoxy) is 1. The highest BCUT2D eigenvalue weighted by Crippen LogP contribution is 2.30. The summed E-state index contributed by atoms with van der Waals surface area (Å²) in [5.41, 5.74) is 5.01. The molecule has 1 atom stereocenters. The second kappa shape index (κ2) is 10.5. The predicted molar refractivity (Wildman–Crippen MR) is 137 cm³/mol. The van der Waals surface area contributed by atoms with E-state index in [4.69, 9.17) is 9.72 Å². The highest BCUT2D eigenvalue weighted by Gasteiger charge is 2.25. The maximum Gasteiger partial charge on any atom is 0.244 e. The molecule has 3 rings (SSSR count). The van der Waals surface area contributed by atoms with E-state index in [2.05, 4.69) is 55.0 Å². The number of aromatic nitrogens is 3. The number of nitrogens with one attached hydrogen (secondary N) is 2. The summed E-state index contributed by atoms with van der Waals surface area (Å²) in [6.07, 6.45) is 3.43. The first-order valence-electron chi connectivity index (χ1n) is 12.3. The Morgan fingerprint density at radius 1 is 1.18 bits per heavy atom. The van der Waals surface area contributed by atoms with Gasteiger partial charge in [0.05, 0.1) is 18.0 Å². The van der Waals surface area contributed by atoms with Crippen molar-refractivity contribution in [3.05, 3.63) is 46.9 Å². The summed E-state index contributed by atoms with van der Waals surface area (Å²) >= 11 is 0. The molecule has 1 unspecified atom stereocenters. The summed E-state index contributed by atoms with van der Waals surface area (Å²) in [6.45, 7) is 15.5. The number of sulfonamides is 1. The lowest BCUT2D eigenvalue weighted by molar-refractivity contribution is 0.301. The smallest absolute Gasteiger partial charge is 0.244 e. The van der Waals surface area contributed by atoms with Gasteiger partial charge in [0.25, 0.3) is 0 Å². The largest absolute Gasteiger partial charge is 0.492 e. The Labute approximate surface area is 204 Å². The summed E-state index contributed by atoms with van der Waals surface area (Å²) in [5.74, 6) is 0.579. The second-order valence-electron chi connectivity index (χ2n) is 10.1. The van der Waals surface area contributed by atoms with Crippen LogP contribution in [0, 0.1) is 13.8 Å². The van der Waals surface area contributed by atoms with Crippen molar-refractivity contribution in [2.45, 2.75) is 90.4 Å². The van der Waals surface area contributed by atoms with E-state index < -0.39 is 10.0 Å². The number of unbranched alkanes of at least 4 members (excludes halogenated alkanes) is 1. The third kappa shape index (κ3) is 5.84. The maximum absolute atomic E-state index is 13.2. The van der Waals surface area contributed by atoms with Crippen LogP contribution in [-0.2, 0) is 15.4 Å². The molecule has 0 amide bonds. The zero-order chi connectivity index (χ0) is 25.1. The molecule has 2 heterocycles. The van der Waals surface area contributed by atoms with Gasteiger partial charge in [-0.3, -0.25) is 5.10 Å². The van der Waals surface area contributed by atoms with E-state index in [1.54, 1.807) is 12.1 Å². The van der Waals surface area contributed by atoms with Gasteiger partial charge < -0.3 is 4.74 Å². The quantitative estimate of drug-likeness (QED) is 0.343. The standard InChI is InChI=1S/C26H40N4O3S/c1-8-10-15-33-21-12-11-18(3)16-22(21)34(31,32)27-14-13-20(9-2)25-19(4)28-24-17-23(26(5,6)7)29-30(24)25/h11-12,16-17,20,27,29H,8-10,13-15H2,1-7H3. The minimum Gasteiger partial charge on any atom is -0.492 e. The molecule has 3 aromatic rings. The number of nitrogens with zero attached hydrogens (tertiary/aromatic N) is 2. The van der Waals surface area contributed by atoms with E-state index in [0.29, 0.717) is 25.3 Å². The molecule has 1 aromatic carbocycles. The Hall–Kier alpha value is -2.32. The molecule has 0 spiro atoms. The molecule has 7 nitrogen and oxygen atoms in total. The van der Waals surface area contributed by atoms with Crippen molar-refractivity contribution in [1.29, 1.82) is 0 Å². The fraction of sp³-hybridized carbons (Fsp3) is 0.577. The number of imidazole rings is 1. The minimum atomic E-state index is -3.70. The zero-order valence-corrected chi connectivity index (χ0v) is 22.5. The van der Waals surface area contributed by atoms with Crippen LogP contribution < -0.4 is 9.46 Å². The number of benzene rings is 1. The molecule has 0 bridgehead atoms. The van der Waals surface area contributed by atoms with Crippen molar-refractivity contribution in [3.8, 4) is 5.75 Å². The monoisotopic (exact) mass is 488 g/mol. The van der Waals surface area contributed by atoms with Crippen LogP contribution in [0.4, 0.5) is 0 Å². The normalized spacial score (nSPS) is 13.5. The molecule has 2 aromatic heterocycles. The van der Waals surface area contributed by atoms with Crippen molar-refractivity contribution in [3.63, 3.8) is 0 Å². The van der Waals surface area contributed by atoms with Crippen molar-refractivity contribution in [1.82, 2.24) is 19.3 Å². The van der Waals surface area contributed by atoms with E-state index in [1.807, 2.05) is 19.9 Å². The van der Waals surface area contributed by atoms with Crippen molar-refractivity contribution in [2.24, 2.45) is 0 Å². The van der Waals surface area contributed by atoms with Gasteiger partial charge in [0.1, 0.15) is 10.6 Å². The molecule has 0 radical (unpaired) electrons. The molecule has 0 aliphatic carbocycles. The van der Waals surface area contributed by atoms with Crippen LogP contribution in [0.3, 0.4) is 0 Å². The maximum atomic E-state index is 13.2. The number of rotatable bonds is 11. The molecule has 0 saturated heterocycles. The van der Waals surface area contributed by atoms with E-state index >= 15 is 0 Å². The first-order valence-corrected chi connectivity index (χ1v) is 13.8. The molecular weight excluding hydrogens is 448 g/mol. The molecule has 0 saturated carbocycles. The highest BCUT2D eigenvalue weighted by atomic mass is 32.2. The van der Waals surface area contributed by atoms with Gasteiger partial charge in [0, 0.05) is 29.6 Å². The topological polar surface area (TPSA) is 88.5 Å². The number of fused-ring (bicyclic) bond motifs is 1. The molecular formula is C26H40N4O3S. The van der Waals surface area contributed by atoms with Gasteiger partial charge in [0.2, 0.25) is 10.0 Å². The molecule has 0 aliphatic heterocycles. The third-order valence-electron chi connectivity index (χ3n) is 6.25. The Balaban J connectivity index is 1.77. The van der Waals surface area contributed by atoms with Gasteiger partial charge in [-0.25, -0.2) is 22.6 Å². The van der Waals surface area contributed by atoms with Crippen LogP contribution in [0.25, 0.3) is 5.65 Å². The SMILES string of the molecule is CCCCOc1ccc(C)cc1S(=O)(=O)NCCC(CC)c1c(C)nc2cc(C(C)(C)C)[nH]n12. The van der Waals surface area contributed by atoms with E-state index in [-0.39, 0.29) is 16.2 Å². The lowest BCUT2D eigenvalue weighted by Crippen LogP contribution is -2.27. The Morgan fingerprint density at radius 3 is 2.56 bits per heavy atom. The van der Waals surface area contributed by atoms with Crippen molar-refractivity contribution < 1.29 is 13.2 Å². The van der Waals surface area contributed by atoms with E-state index in [9.17, 15) is 8.42 Å². The van der Waals surface area contributed by atoms with Crippen LogP contribution in [0.15, 0.2) is 29.2 Å². The van der Waals surface area contributed by atoms with Crippen LogP contribution in [0.5, 0.6) is 5.75 Å². The molecule has 8 heteroatoms. The fourth-order valence-corrected chi connectivity index (χ4v) is 5.45. The average Bonchev–Trinajstić information content (AvgIpc) is 3.30. The van der Waals surface area contributed by atoms with Gasteiger partial charge in [-0.15, -0.1) is 0 Å². The number of hydrogen-bond donors (Lipinski definition) is 2. The minimum absolute atomic E-state index is 0.00601. The summed E-state index contributed by atoms with van der Waals surface area (Å²) in [5, 5.41) is 3.51. The lowest BCUT2D eigenvalue weighted by atomic mass is 9.93. The first kappa shape index (κ1) is 26.3. The molecule has 0 fully saturated rings. The Morgan fingerprint density at radius 2 is 1.91 bits per heavy atom. The predicted octanol–water partition coefficient (Wildman–Crippen LogP) is 5.62. The van der Waals surface area contributed by atoms with Crippen molar-refractivity contribution in [2.75, 3.05) is 13.2 Å². The molecule has 2 N–H and O–H groups in total. The van der Waals surface area contributed by atoms with Gasteiger partial charge in [0.15, 0.2) is 5.65 Å². The molecule has 0 aliphatic rings. The summed E-state index contributed by atoms with van der Waals surface area (Å²) in [6, 6.07) is 7.41. The van der Waals surface area contributed by atoms with Gasteiger partial charge >= 0.3 is 0 Å². The number of H-pyrrole nitrogens is 1. The average molecular weight is 489 g/mol. The van der Waals surface area contributed by atoms with Crippen molar-refractivity contribution >= 4 is 15.7 Å². The highest BCUT2D eigenvalue weighted by molar-refractivity contribution is 7.89. The van der Waals surface area contributed by atoms with Gasteiger partial charge in [-0.1, -0.05) is 47.1 Å². The molecule has 34 heavy (non-hydrogen) atoms. The van der Waals surface area contributed by atoms with Gasteiger partial charge in [-0.05, 0) is 50.8 Å². The Kier molecular flexibility index (Phi) is 8.14. The third-order valence-corrected chi connectivity index (χ3v) is 7.73. The zero-order valence-electron chi connectivity index (χ0n) is 21.7. The summed E-state index contributed by atoms with van der Waals surface area (Å²) in [4.78, 5) is 4.96. The number of hydrogen-bond acceptors (Lipinski definition) is 4. The van der Waals surface area contributed by atoms with Crippen LogP contribution in [-0.4, -0.2) is 36.2 Å². The lowest BCUT2D eigenvalue weighted by Gasteiger charge is -2.18. The van der Waals surface area contributed by atoms with Gasteiger partial charge in [-0.2, -0.15) is 0 Å². The van der Waals surface area contributed by atoms with Crippen LogP contribution >= 0.6 is 0 Å². The van der Waals surface area contributed by atoms with E-state index in [1.165, 1.54) is 0 Å². The summed E-state index contributed by atoms with van der Waals surface area (Å²) < 4.78 is 37.0. The number of aromatic amines is 1. The Bertz CT molecular complexity index is 1220. The number of aryl methyl sites for hydroxylation is 2. The van der Waals surface area contributed by atoms with Crippen LogP contribution in [0.2, 0.25) is 0 Å². The second-order valence-corrected chi connectivity index (χ2v) is 11.9. The molecule has 188 valence electrons.